The molecule has 5 nitrogen and oxygen atoms in total. The van der Waals surface area contributed by atoms with Gasteiger partial charge in [0.1, 0.15) is 5.69 Å². The largest absolute Gasteiger partial charge is 0.385 e. The van der Waals surface area contributed by atoms with Crippen LogP contribution in [0, 0.1) is 0 Å². The third-order valence-corrected chi connectivity index (χ3v) is 2.86. The van der Waals surface area contributed by atoms with E-state index in [0.29, 0.717) is 25.4 Å². The molecule has 17 heavy (non-hydrogen) atoms. The van der Waals surface area contributed by atoms with E-state index in [9.17, 15) is 4.79 Å². The third-order valence-electron chi connectivity index (χ3n) is 1.95. The Balaban J connectivity index is 0.00000256. The molecule has 0 saturated heterocycles. The normalized spacial score (nSPS) is 9.76. The molecule has 0 radical (unpaired) electrons. The quantitative estimate of drug-likeness (QED) is 0.725. The van der Waals surface area contributed by atoms with Crippen LogP contribution in [0.5, 0.6) is 0 Å². The fraction of sp³-hybridized carbons (Fsp3) is 0.600. The van der Waals surface area contributed by atoms with Gasteiger partial charge in [-0.05, 0) is 13.0 Å². The summed E-state index contributed by atoms with van der Waals surface area (Å²) in [4.78, 5) is 15.8. The molecular formula is C10H18ClN3O2S. The van der Waals surface area contributed by atoms with Crippen LogP contribution in [0.15, 0.2) is 5.38 Å². The number of hydrogen-bond acceptors (Lipinski definition) is 5. The summed E-state index contributed by atoms with van der Waals surface area (Å²) in [5.74, 6) is -0.129. The number of thiazole rings is 1. The van der Waals surface area contributed by atoms with E-state index in [2.05, 4.69) is 10.3 Å². The highest BCUT2D eigenvalue weighted by Crippen LogP contribution is 2.09. The maximum absolute atomic E-state index is 11.6. The first-order valence-electron chi connectivity index (χ1n) is 5.19. The van der Waals surface area contributed by atoms with Crippen LogP contribution in [0.4, 0.5) is 0 Å². The Hall–Kier alpha value is -0.690. The molecule has 0 spiro atoms. The molecule has 0 bridgehead atoms. The number of nitrogens with two attached hydrogens (primary N) is 1. The summed E-state index contributed by atoms with van der Waals surface area (Å²) in [5.41, 5.74) is 5.89. The van der Waals surface area contributed by atoms with E-state index in [1.165, 1.54) is 11.3 Å². The predicted molar refractivity (Wildman–Crippen MR) is 70.9 cm³/mol. The number of nitrogens with zero attached hydrogens (tertiary/aromatic N) is 1. The molecule has 1 heterocycles. The van der Waals surface area contributed by atoms with Crippen molar-refractivity contribution in [2.24, 2.45) is 5.73 Å². The summed E-state index contributed by atoms with van der Waals surface area (Å²) in [6.07, 6.45) is 1.53. The van der Waals surface area contributed by atoms with Gasteiger partial charge >= 0.3 is 0 Å². The molecular weight excluding hydrogens is 262 g/mol. The van der Waals surface area contributed by atoms with Gasteiger partial charge in [-0.2, -0.15) is 0 Å². The molecule has 0 aliphatic rings. The van der Waals surface area contributed by atoms with Crippen LogP contribution < -0.4 is 11.1 Å². The Kier molecular flexibility index (Phi) is 8.97. The van der Waals surface area contributed by atoms with Gasteiger partial charge in [-0.3, -0.25) is 4.79 Å². The van der Waals surface area contributed by atoms with Gasteiger partial charge in [0.05, 0.1) is 5.01 Å². The zero-order valence-electron chi connectivity index (χ0n) is 9.77. The second-order valence-corrected chi connectivity index (χ2v) is 4.21. The van der Waals surface area contributed by atoms with E-state index in [0.717, 1.165) is 17.8 Å². The van der Waals surface area contributed by atoms with Gasteiger partial charge in [0, 0.05) is 32.1 Å². The number of carbonyl (C=O) groups is 1. The number of aromatic nitrogens is 1. The lowest BCUT2D eigenvalue weighted by Gasteiger charge is -2.01. The molecule has 0 aromatic carbocycles. The van der Waals surface area contributed by atoms with Crippen molar-refractivity contribution in [1.29, 1.82) is 0 Å². The van der Waals surface area contributed by atoms with Gasteiger partial charge in [0.25, 0.3) is 5.91 Å². The summed E-state index contributed by atoms with van der Waals surface area (Å²) < 4.78 is 4.89. The van der Waals surface area contributed by atoms with E-state index in [1.54, 1.807) is 12.5 Å². The summed E-state index contributed by atoms with van der Waals surface area (Å²) >= 11 is 1.47. The zero-order valence-corrected chi connectivity index (χ0v) is 11.4. The van der Waals surface area contributed by atoms with Crippen LogP contribution in [0.1, 0.15) is 21.9 Å². The monoisotopic (exact) mass is 279 g/mol. The summed E-state index contributed by atoms with van der Waals surface area (Å²) in [6.45, 7) is 1.81. The highest BCUT2D eigenvalue weighted by atomic mass is 35.5. The molecule has 7 heteroatoms. The maximum Gasteiger partial charge on any atom is 0.270 e. The van der Waals surface area contributed by atoms with E-state index in [1.807, 2.05) is 0 Å². The van der Waals surface area contributed by atoms with Crippen molar-refractivity contribution in [3.05, 3.63) is 16.1 Å². The Morgan fingerprint density at radius 3 is 3.06 bits per heavy atom. The van der Waals surface area contributed by atoms with Gasteiger partial charge < -0.3 is 15.8 Å². The Bertz CT molecular complexity index is 333. The van der Waals surface area contributed by atoms with Crippen molar-refractivity contribution in [2.45, 2.75) is 12.8 Å². The minimum atomic E-state index is -0.129. The van der Waals surface area contributed by atoms with Crippen molar-refractivity contribution in [1.82, 2.24) is 10.3 Å². The smallest absolute Gasteiger partial charge is 0.270 e. The second-order valence-electron chi connectivity index (χ2n) is 3.27. The maximum atomic E-state index is 11.6. The Morgan fingerprint density at radius 1 is 1.65 bits per heavy atom. The lowest BCUT2D eigenvalue weighted by atomic mass is 10.4. The zero-order chi connectivity index (χ0) is 11.8. The molecule has 0 fully saturated rings. The standard InChI is InChI=1S/C10H17N3O2S.ClH/c1-15-6-2-5-12-10(14)8-7-16-9(13-8)3-4-11;/h7H,2-6,11H2,1H3,(H,12,14);1H. The predicted octanol–water partition coefficient (Wildman–Crippen LogP) is 0.832. The van der Waals surface area contributed by atoms with E-state index in [-0.39, 0.29) is 18.3 Å². The van der Waals surface area contributed by atoms with Crippen LogP contribution in [-0.4, -0.2) is 37.7 Å². The van der Waals surface area contributed by atoms with Gasteiger partial charge in [-0.25, -0.2) is 4.98 Å². The van der Waals surface area contributed by atoms with Crippen LogP contribution in [-0.2, 0) is 11.2 Å². The molecule has 3 N–H and O–H groups in total. The topological polar surface area (TPSA) is 77.2 Å². The van der Waals surface area contributed by atoms with Crippen LogP contribution in [0.3, 0.4) is 0 Å². The molecule has 0 atom stereocenters. The SMILES string of the molecule is COCCCNC(=O)c1csc(CCN)n1.Cl. The number of halogens is 1. The highest BCUT2D eigenvalue weighted by molar-refractivity contribution is 7.09. The molecule has 0 saturated carbocycles. The van der Waals surface area contributed by atoms with Gasteiger partial charge in [0.15, 0.2) is 0 Å². The average molecular weight is 280 g/mol. The number of amides is 1. The lowest BCUT2D eigenvalue weighted by molar-refractivity contribution is 0.0944. The lowest BCUT2D eigenvalue weighted by Crippen LogP contribution is -2.25. The summed E-state index contributed by atoms with van der Waals surface area (Å²) in [7, 11) is 1.64. The van der Waals surface area contributed by atoms with Crippen molar-refractivity contribution in [3.8, 4) is 0 Å². The first-order chi connectivity index (χ1) is 7.77. The molecule has 1 rings (SSSR count). The van der Waals surface area contributed by atoms with Crippen molar-refractivity contribution < 1.29 is 9.53 Å². The van der Waals surface area contributed by atoms with E-state index in [4.69, 9.17) is 10.5 Å². The summed E-state index contributed by atoms with van der Waals surface area (Å²) in [5, 5.41) is 5.45. The van der Waals surface area contributed by atoms with Crippen LogP contribution in [0.2, 0.25) is 0 Å². The van der Waals surface area contributed by atoms with Gasteiger partial charge in [0.2, 0.25) is 0 Å². The molecule has 0 aliphatic carbocycles. The minimum absolute atomic E-state index is 0. The van der Waals surface area contributed by atoms with Crippen LogP contribution in [0.25, 0.3) is 0 Å². The van der Waals surface area contributed by atoms with Crippen LogP contribution >= 0.6 is 23.7 Å². The van der Waals surface area contributed by atoms with E-state index >= 15 is 0 Å². The molecule has 1 amide bonds. The van der Waals surface area contributed by atoms with Crippen molar-refractivity contribution >= 4 is 29.7 Å². The number of rotatable bonds is 7. The summed E-state index contributed by atoms with van der Waals surface area (Å²) in [6, 6.07) is 0. The van der Waals surface area contributed by atoms with E-state index < -0.39 is 0 Å². The van der Waals surface area contributed by atoms with Crippen molar-refractivity contribution in [3.63, 3.8) is 0 Å². The molecule has 0 aliphatic heterocycles. The number of carbonyl (C=O) groups excluding carboxylic acids is 1. The molecule has 1 aromatic heterocycles. The second kappa shape index (κ2) is 9.35. The number of methoxy groups -OCH3 is 1. The first-order valence-corrected chi connectivity index (χ1v) is 6.07. The minimum Gasteiger partial charge on any atom is -0.385 e. The fourth-order valence-corrected chi connectivity index (χ4v) is 1.96. The van der Waals surface area contributed by atoms with Crippen molar-refractivity contribution in [2.75, 3.05) is 26.8 Å². The molecule has 0 unspecified atom stereocenters. The average Bonchev–Trinajstić information content (AvgIpc) is 2.73. The third kappa shape index (κ3) is 5.97. The first kappa shape index (κ1) is 16.3. The Morgan fingerprint density at radius 2 is 2.41 bits per heavy atom. The Labute approximate surface area is 111 Å². The van der Waals surface area contributed by atoms with Gasteiger partial charge in [-0.15, -0.1) is 23.7 Å². The highest BCUT2D eigenvalue weighted by Gasteiger charge is 2.09. The number of nitrogens with one attached hydrogen (secondary N) is 1. The fourth-order valence-electron chi connectivity index (χ4n) is 1.16. The number of hydrogen-bond donors (Lipinski definition) is 2. The molecule has 98 valence electrons. The molecule has 1 aromatic rings. The number of ether oxygens (including phenoxy) is 1. The van der Waals surface area contributed by atoms with Gasteiger partial charge in [-0.1, -0.05) is 0 Å².